The van der Waals surface area contributed by atoms with Crippen LogP contribution >= 0.6 is 0 Å². The van der Waals surface area contributed by atoms with Crippen molar-refractivity contribution in [2.75, 3.05) is 26.9 Å². The van der Waals surface area contributed by atoms with E-state index in [9.17, 15) is 14.4 Å². The number of ether oxygens (including phenoxy) is 4. The minimum atomic E-state index is -0.910. The van der Waals surface area contributed by atoms with E-state index in [1.165, 1.54) is 19.4 Å². The summed E-state index contributed by atoms with van der Waals surface area (Å²) in [5.74, 6) is -1.25. The molecule has 0 aliphatic carbocycles. The summed E-state index contributed by atoms with van der Waals surface area (Å²) in [5.41, 5.74) is 0.156. The SMILES string of the molecule is CCOC(=O)CNC(=O)Oc1ncc(C(=O)OCC)cc1OC. The molecule has 0 spiro atoms. The molecule has 1 heterocycles. The number of hydrogen-bond acceptors (Lipinski definition) is 8. The molecule has 0 atom stereocenters. The summed E-state index contributed by atoms with van der Waals surface area (Å²) in [6.07, 6.45) is 0.279. The van der Waals surface area contributed by atoms with Gasteiger partial charge in [-0.2, -0.15) is 0 Å². The zero-order valence-corrected chi connectivity index (χ0v) is 13.1. The number of nitrogens with one attached hydrogen (secondary N) is 1. The van der Waals surface area contributed by atoms with Gasteiger partial charge in [-0.25, -0.2) is 14.6 Å². The van der Waals surface area contributed by atoms with Gasteiger partial charge in [-0.05, 0) is 13.8 Å². The first kappa shape index (κ1) is 18.2. The lowest BCUT2D eigenvalue weighted by Crippen LogP contribution is -2.33. The summed E-state index contributed by atoms with van der Waals surface area (Å²) in [6.45, 7) is 3.41. The molecule has 0 radical (unpaired) electrons. The average Bonchev–Trinajstić information content (AvgIpc) is 2.53. The van der Waals surface area contributed by atoms with Gasteiger partial charge in [-0.3, -0.25) is 4.79 Å². The van der Waals surface area contributed by atoms with Crippen molar-refractivity contribution >= 4 is 18.0 Å². The minimum Gasteiger partial charge on any atom is -0.491 e. The van der Waals surface area contributed by atoms with Crippen molar-refractivity contribution in [3.8, 4) is 11.6 Å². The molecule has 1 amide bonds. The average molecular weight is 326 g/mol. The van der Waals surface area contributed by atoms with E-state index in [0.717, 1.165) is 0 Å². The van der Waals surface area contributed by atoms with Crippen LogP contribution in [0.3, 0.4) is 0 Å². The first-order valence-corrected chi connectivity index (χ1v) is 6.84. The highest BCUT2D eigenvalue weighted by Crippen LogP contribution is 2.25. The van der Waals surface area contributed by atoms with Gasteiger partial charge in [0.25, 0.3) is 5.88 Å². The number of pyridine rings is 1. The summed E-state index contributed by atoms with van der Waals surface area (Å²) >= 11 is 0. The van der Waals surface area contributed by atoms with Crippen LogP contribution in [0.1, 0.15) is 24.2 Å². The topological polar surface area (TPSA) is 113 Å². The Morgan fingerprint density at radius 2 is 1.87 bits per heavy atom. The van der Waals surface area contributed by atoms with Crippen LogP contribution in [0.4, 0.5) is 4.79 Å². The molecule has 126 valence electrons. The van der Waals surface area contributed by atoms with Gasteiger partial charge in [0, 0.05) is 12.3 Å². The standard InChI is InChI=1S/C14H18N2O7/c1-4-21-11(17)8-16-14(19)23-12-10(20-3)6-9(7-15-12)13(18)22-5-2/h6-7H,4-5,8H2,1-3H3,(H,16,19). The molecule has 1 aromatic heterocycles. The molecule has 0 aromatic carbocycles. The Morgan fingerprint density at radius 1 is 1.17 bits per heavy atom. The molecule has 1 N–H and O–H groups in total. The van der Waals surface area contributed by atoms with Gasteiger partial charge >= 0.3 is 18.0 Å². The number of nitrogens with zero attached hydrogens (tertiary/aromatic N) is 1. The van der Waals surface area contributed by atoms with Crippen molar-refractivity contribution in [2.45, 2.75) is 13.8 Å². The quantitative estimate of drug-likeness (QED) is 0.736. The minimum absolute atomic E-state index is 0.0711. The Kier molecular flexibility index (Phi) is 7.31. The van der Waals surface area contributed by atoms with Gasteiger partial charge in [-0.15, -0.1) is 0 Å². The molecule has 0 fully saturated rings. The van der Waals surface area contributed by atoms with Crippen molar-refractivity contribution in [2.24, 2.45) is 0 Å². The Balaban J connectivity index is 2.71. The Morgan fingerprint density at radius 3 is 2.48 bits per heavy atom. The Labute approximate surface area is 132 Å². The van der Waals surface area contributed by atoms with E-state index in [-0.39, 0.29) is 37.0 Å². The molecule has 0 aliphatic rings. The van der Waals surface area contributed by atoms with E-state index in [4.69, 9.17) is 14.2 Å². The number of carbonyl (C=O) groups excluding carboxylic acids is 3. The molecular formula is C14H18N2O7. The molecule has 23 heavy (non-hydrogen) atoms. The summed E-state index contributed by atoms with van der Waals surface area (Å²) < 4.78 is 19.4. The van der Waals surface area contributed by atoms with Gasteiger partial charge in [0.1, 0.15) is 6.54 Å². The summed E-state index contributed by atoms with van der Waals surface area (Å²) in [5, 5.41) is 2.20. The second-order valence-corrected chi connectivity index (χ2v) is 4.00. The van der Waals surface area contributed by atoms with E-state index in [0.29, 0.717) is 0 Å². The fourth-order valence-electron chi connectivity index (χ4n) is 1.46. The molecular weight excluding hydrogens is 308 g/mol. The van der Waals surface area contributed by atoms with Crippen LogP contribution in [0.15, 0.2) is 12.3 Å². The van der Waals surface area contributed by atoms with Gasteiger partial charge in [-0.1, -0.05) is 0 Å². The predicted octanol–water partition coefficient (Wildman–Crippen LogP) is 0.918. The zero-order valence-electron chi connectivity index (χ0n) is 13.1. The highest BCUT2D eigenvalue weighted by molar-refractivity contribution is 5.89. The lowest BCUT2D eigenvalue weighted by atomic mass is 10.3. The Hall–Kier alpha value is -2.84. The molecule has 1 aromatic rings. The number of amides is 1. The highest BCUT2D eigenvalue weighted by atomic mass is 16.6. The van der Waals surface area contributed by atoms with Crippen molar-refractivity contribution in [1.29, 1.82) is 0 Å². The third-order valence-electron chi connectivity index (χ3n) is 2.42. The second kappa shape index (κ2) is 9.23. The van der Waals surface area contributed by atoms with E-state index in [1.807, 2.05) is 0 Å². The first-order chi connectivity index (χ1) is 11.0. The van der Waals surface area contributed by atoms with Crippen LogP contribution in [0.25, 0.3) is 0 Å². The highest BCUT2D eigenvalue weighted by Gasteiger charge is 2.16. The molecule has 0 unspecified atom stereocenters. The monoisotopic (exact) mass is 326 g/mol. The molecule has 1 rings (SSSR count). The van der Waals surface area contributed by atoms with Crippen LogP contribution in [0, 0.1) is 0 Å². The van der Waals surface area contributed by atoms with Crippen molar-refractivity contribution < 1.29 is 33.3 Å². The van der Waals surface area contributed by atoms with Gasteiger partial charge in [0.2, 0.25) is 0 Å². The number of aromatic nitrogens is 1. The molecule has 9 nitrogen and oxygen atoms in total. The van der Waals surface area contributed by atoms with E-state index < -0.39 is 18.0 Å². The summed E-state index contributed by atoms with van der Waals surface area (Å²) in [4.78, 5) is 38.1. The summed E-state index contributed by atoms with van der Waals surface area (Å²) in [6, 6.07) is 1.33. The van der Waals surface area contributed by atoms with Crippen molar-refractivity contribution in [1.82, 2.24) is 10.3 Å². The lowest BCUT2D eigenvalue weighted by Gasteiger charge is -2.10. The number of carbonyl (C=O) groups is 3. The second-order valence-electron chi connectivity index (χ2n) is 4.00. The van der Waals surface area contributed by atoms with E-state index in [2.05, 4.69) is 15.0 Å². The Bertz CT molecular complexity index is 574. The third-order valence-corrected chi connectivity index (χ3v) is 2.42. The zero-order chi connectivity index (χ0) is 17.2. The number of rotatable bonds is 7. The number of esters is 2. The molecule has 0 saturated heterocycles. The number of methoxy groups -OCH3 is 1. The van der Waals surface area contributed by atoms with Crippen molar-refractivity contribution in [3.63, 3.8) is 0 Å². The molecule has 0 saturated carbocycles. The molecule has 0 bridgehead atoms. The van der Waals surface area contributed by atoms with Crippen LogP contribution < -0.4 is 14.8 Å². The van der Waals surface area contributed by atoms with Crippen LogP contribution in [-0.4, -0.2) is 49.9 Å². The molecule has 0 aliphatic heterocycles. The van der Waals surface area contributed by atoms with Gasteiger partial charge in [0.15, 0.2) is 5.75 Å². The fourth-order valence-corrected chi connectivity index (χ4v) is 1.46. The third kappa shape index (κ3) is 5.81. The van der Waals surface area contributed by atoms with Crippen molar-refractivity contribution in [3.05, 3.63) is 17.8 Å². The lowest BCUT2D eigenvalue weighted by molar-refractivity contribution is -0.141. The smallest absolute Gasteiger partial charge is 0.414 e. The largest absolute Gasteiger partial charge is 0.491 e. The number of hydrogen-bond donors (Lipinski definition) is 1. The predicted molar refractivity (Wildman–Crippen MR) is 77.4 cm³/mol. The molecule has 9 heteroatoms. The van der Waals surface area contributed by atoms with Gasteiger partial charge < -0.3 is 24.3 Å². The van der Waals surface area contributed by atoms with E-state index >= 15 is 0 Å². The fraction of sp³-hybridized carbons (Fsp3) is 0.429. The summed E-state index contributed by atoms with van der Waals surface area (Å²) in [7, 11) is 1.33. The van der Waals surface area contributed by atoms with Crippen LogP contribution in [0.5, 0.6) is 11.6 Å². The first-order valence-electron chi connectivity index (χ1n) is 6.84. The maximum Gasteiger partial charge on any atom is 0.414 e. The van der Waals surface area contributed by atoms with Crippen LogP contribution in [0.2, 0.25) is 0 Å². The maximum absolute atomic E-state index is 11.6. The van der Waals surface area contributed by atoms with Gasteiger partial charge in [0.05, 0.1) is 25.9 Å². The maximum atomic E-state index is 11.6. The van der Waals surface area contributed by atoms with Crippen LogP contribution in [-0.2, 0) is 14.3 Å². The van der Waals surface area contributed by atoms with E-state index in [1.54, 1.807) is 13.8 Å². The normalized spacial score (nSPS) is 9.70.